The average molecular weight is 543 g/mol. The van der Waals surface area contributed by atoms with Crippen molar-refractivity contribution < 1.29 is 29.0 Å². The van der Waals surface area contributed by atoms with Crippen molar-refractivity contribution in [3.63, 3.8) is 0 Å². The molecule has 2 fully saturated rings. The van der Waals surface area contributed by atoms with Gasteiger partial charge in [0.25, 0.3) is 5.91 Å². The minimum atomic E-state index is -1.37. The maximum Gasteiger partial charge on any atom is 0.312 e. The third-order valence-corrected chi connectivity index (χ3v) is 8.28. The number of esters is 1. The maximum absolute atomic E-state index is 14.4. The molecule has 9 heteroatoms. The molecular weight excluding hydrogens is 508 g/mol. The summed E-state index contributed by atoms with van der Waals surface area (Å²) in [5, 5.41) is 11.0. The molecular formula is C29H35ClN2O6. The highest BCUT2D eigenvalue weighted by atomic mass is 35.5. The number of carbonyl (C=O) groups is 3. The smallest absolute Gasteiger partial charge is 0.312 e. The number of aliphatic hydroxyl groups excluding tert-OH is 1. The Morgan fingerprint density at radius 2 is 1.87 bits per heavy atom. The number of hydrogen-bond acceptors (Lipinski definition) is 6. The minimum absolute atomic E-state index is 0.162. The number of ether oxygens (including phenoxy) is 2. The van der Waals surface area contributed by atoms with E-state index in [2.05, 4.69) is 0 Å². The van der Waals surface area contributed by atoms with Gasteiger partial charge in [0.05, 0.1) is 31.3 Å². The highest BCUT2D eigenvalue weighted by Gasteiger charge is 2.72. The Kier molecular flexibility index (Phi) is 7.67. The van der Waals surface area contributed by atoms with Crippen molar-refractivity contribution in [3.8, 4) is 0 Å². The molecule has 0 saturated carbocycles. The molecule has 5 rings (SSSR count). The summed E-state index contributed by atoms with van der Waals surface area (Å²) in [6, 6.07) is 5.29. The van der Waals surface area contributed by atoms with Crippen molar-refractivity contribution in [1.82, 2.24) is 4.90 Å². The number of likely N-dealkylation sites (tertiary alicyclic amines) is 1. The molecule has 0 aliphatic carbocycles. The fraction of sp³-hybridized carbons (Fsp3) is 0.552. The first kappa shape index (κ1) is 26.9. The standard InChI is InChI=1S/C29H35ClN2O6/c1-18(2)16-21(17-33)32-25-27(35)31(20-11-9-19(30)10-12-20)14-7-13-29(25)24(26(32)34)23-22(38-29)8-5-3-4-6-15-37-28(23)36/h5,7-13,18,21-25,33H,3-4,6,14-17H2,1-2H3/b8-5-/t21-,22+,23-,24+,25?,29+/m1/s1. The largest absolute Gasteiger partial charge is 0.465 e. The molecule has 6 atom stereocenters. The monoisotopic (exact) mass is 542 g/mol. The number of fused-ring (bicyclic) bond motifs is 2. The third-order valence-electron chi connectivity index (χ3n) is 8.02. The minimum Gasteiger partial charge on any atom is -0.465 e. The number of amides is 2. The molecule has 38 heavy (non-hydrogen) atoms. The molecule has 0 radical (unpaired) electrons. The van der Waals surface area contributed by atoms with Crippen LogP contribution in [0.15, 0.2) is 48.6 Å². The van der Waals surface area contributed by atoms with Crippen molar-refractivity contribution in [3.05, 3.63) is 53.6 Å². The summed E-state index contributed by atoms with van der Waals surface area (Å²) in [7, 11) is 0. The lowest BCUT2D eigenvalue weighted by atomic mass is 9.78. The molecule has 4 aliphatic rings. The third kappa shape index (κ3) is 4.56. The van der Waals surface area contributed by atoms with E-state index in [1.54, 1.807) is 35.2 Å². The van der Waals surface area contributed by atoms with E-state index in [1.165, 1.54) is 4.90 Å². The molecule has 2 saturated heterocycles. The SMILES string of the molecule is CC(C)C[C@H](CO)N1C(=O)[C@@H]2[C@@H]3C(=O)OCCCC/C=C\[C@@H]3O[C@@]23C=CCN(c2ccc(Cl)cc2)C(=O)C13. The van der Waals surface area contributed by atoms with Gasteiger partial charge in [-0.15, -0.1) is 0 Å². The van der Waals surface area contributed by atoms with Crippen molar-refractivity contribution in [2.45, 2.75) is 63.3 Å². The molecule has 4 heterocycles. The zero-order valence-electron chi connectivity index (χ0n) is 21.8. The Labute approximate surface area is 228 Å². The zero-order chi connectivity index (χ0) is 27.0. The normalized spacial score (nSPS) is 32.9. The van der Waals surface area contributed by atoms with Crippen LogP contribution in [0.5, 0.6) is 0 Å². The lowest BCUT2D eigenvalue weighted by Gasteiger charge is -2.39. The Morgan fingerprint density at radius 3 is 2.58 bits per heavy atom. The van der Waals surface area contributed by atoms with Crippen LogP contribution in [0.1, 0.15) is 39.5 Å². The van der Waals surface area contributed by atoms with E-state index in [4.69, 9.17) is 21.1 Å². The predicted octanol–water partition coefficient (Wildman–Crippen LogP) is 3.51. The number of hydrogen-bond donors (Lipinski definition) is 1. The summed E-state index contributed by atoms with van der Waals surface area (Å²) in [6.45, 7) is 4.25. The van der Waals surface area contributed by atoms with Crippen LogP contribution in [0, 0.1) is 17.8 Å². The van der Waals surface area contributed by atoms with Crippen molar-refractivity contribution in [1.29, 1.82) is 0 Å². The lowest BCUT2D eigenvalue weighted by Crippen LogP contribution is -2.58. The van der Waals surface area contributed by atoms with Gasteiger partial charge < -0.3 is 24.4 Å². The van der Waals surface area contributed by atoms with Crippen LogP contribution in [-0.4, -0.2) is 71.3 Å². The summed E-state index contributed by atoms with van der Waals surface area (Å²) in [6.07, 6.45) is 9.69. The zero-order valence-corrected chi connectivity index (χ0v) is 22.5. The summed E-state index contributed by atoms with van der Waals surface area (Å²) in [5.74, 6) is -2.84. The van der Waals surface area contributed by atoms with Gasteiger partial charge in [-0.05, 0) is 55.9 Å². The number of rotatable bonds is 5. The van der Waals surface area contributed by atoms with Gasteiger partial charge in [-0.2, -0.15) is 0 Å². The summed E-state index contributed by atoms with van der Waals surface area (Å²) >= 11 is 6.10. The van der Waals surface area contributed by atoms with Gasteiger partial charge in [0.1, 0.15) is 17.6 Å². The first-order chi connectivity index (χ1) is 18.3. The molecule has 0 aromatic heterocycles. The van der Waals surface area contributed by atoms with E-state index < -0.39 is 41.6 Å². The second-order valence-electron chi connectivity index (χ2n) is 11.0. The summed E-state index contributed by atoms with van der Waals surface area (Å²) < 4.78 is 12.3. The molecule has 4 aliphatic heterocycles. The van der Waals surface area contributed by atoms with Crippen LogP contribution < -0.4 is 4.90 Å². The molecule has 2 amide bonds. The molecule has 1 aromatic carbocycles. The van der Waals surface area contributed by atoms with Gasteiger partial charge in [0, 0.05) is 17.3 Å². The Bertz CT molecular complexity index is 1130. The van der Waals surface area contributed by atoms with Crippen LogP contribution >= 0.6 is 11.6 Å². The van der Waals surface area contributed by atoms with Gasteiger partial charge in [0.2, 0.25) is 5.91 Å². The summed E-state index contributed by atoms with van der Waals surface area (Å²) in [4.78, 5) is 45.2. The second-order valence-corrected chi connectivity index (χ2v) is 11.4. The quantitative estimate of drug-likeness (QED) is 0.452. The molecule has 8 nitrogen and oxygen atoms in total. The van der Waals surface area contributed by atoms with Crippen LogP contribution in [0.25, 0.3) is 0 Å². The maximum atomic E-state index is 14.4. The van der Waals surface area contributed by atoms with Crippen molar-refractivity contribution in [2.24, 2.45) is 17.8 Å². The van der Waals surface area contributed by atoms with Gasteiger partial charge in [-0.1, -0.05) is 49.8 Å². The lowest BCUT2D eigenvalue weighted by molar-refractivity contribution is -0.155. The highest BCUT2D eigenvalue weighted by Crippen LogP contribution is 2.54. The van der Waals surface area contributed by atoms with E-state index in [1.807, 2.05) is 32.1 Å². The van der Waals surface area contributed by atoms with Crippen molar-refractivity contribution in [2.75, 3.05) is 24.7 Å². The summed E-state index contributed by atoms with van der Waals surface area (Å²) in [5.41, 5.74) is -0.732. The number of allylic oxidation sites excluding steroid dienone is 1. The van der Waals surface area contributed by atoms with Gasteiger partial charge in [-0.3, -0.25) is 14.4 Å². The van der Waals surface area contributed by atoms with E-state index >= 15 is 0 Å². The molecule has 1 unspecified atom stereocenters. The predicted molar refractivity (Wildman–Crippen MR) is 142 cm³/mol. The van der Waals surface area contributed by atoms with Gasteiger partial charge in [-0.25, -0.2) is 0 Å². The van der Waals surface area contributed by atoms with E-state index in [9.17, 15) is 19.5 Å². The van der Waals surface area contributed by atoms with Crippen LogP contribution in [0.3, 0.4) is 0 Å². The van der Waals surface area contributed by atoms with Crippen molar-refractivity contribution >= 4 is 35.1 Å². The number of carbonyl (C=O) groups excluding carboxylic acids is 3. The topological polar surface area (TPSA) is 96.4 Å². The first-order valence-corrected chi connectivity index (χ1v) is 13.8. The van der Waals surface area contributed by atoms with E-state index in [-0.39, 0.29) is 37.5 Å². The Hall–Kier alpha value is -2.68. The van der Waals surface area contributed by atoms with E-state index in [0.29, 0.717) is 17.1 Å². The fourth-order valence-electron chi connectivity index (χ4n) is 6.42. The van der Waals surface area contributed by atoms with Crippen LogP contribution in [-0.2, 0) is 23.9 Å². The van der Waals surface area contributed by atoms with Crippen LogP contribution in [0.4, 0.5) is 5.69 Å². The first-order valence-electron chi connectivity index (χ1n) is 13.5. The number of anilines is 1. The molecule has 1 N–H and O–H groups in total. The highest BCUT2D eigenvalue weighted by molar-refractivity contribution is 6.30. The van der Waals surface area contributed by atoms with E-state index in [0.717, 1.165) is 19.3 Å². The van der Waals surface area contributed by atoms with Gasteiger partial charge in [0.15, 0.2) is 0 Å². The fourth-order valence-corrected chi connectivity index (χ4v) is 6.55. The Morgan fingerprint density at radius 1 is 1.11 bits per heavy atom. The second kappa shape index (κ2) is 10.8. The molecule has 1 spiro atoms. The number of aliphatic hydroxyl groups is 1. The number of halogens is 1. The number of nitrogens with zero attached hydrogens (tertiary/aromatic N) is 2. The Balaban J connectivity index is 1.63. The number of benzene rings is 1. The molecule has 204 valence electrons. The molecule has 0 bridgehead atoms. The van der Waals surface area contributed by atoms with Crippen LogP contribution in [0.2, 0.25) is 5.02 Å². The average Bonchev–Trinajstić information content (AvgIpc) is 3.28. The number of cyclic esters (lactones) is 1. The molecule has 1 aromatic rings. The van der Waals surface area contributed by atoms with Gasteiger partial charge >= 0.3 is 5.97 Å².